The van der Waals surface area contributed by atoms with Crippen LogP contribution in [-0.4, -0.2) is 54.9 Å². The van der Waals surface area contributed by atoms with Crippen molar-refractivity contribution in [2.24, 2.45) is 0 Å². The summed E-state index contributed by atoms with van der Waals surface area (Å²) >= 11 is 0. The third-order valence-electron chi connectivity index (χ3n) is 3.96. The summed E-state index contributed by atoms with van der Waals surface area (Å²) < 4.78 is 5.56. The molecule has 1 aliphatic rings. The highest BCUT2D eigenvalue weighted by Gasteiger charge is 2.18. The smallest absolute Gasteiger partial charge is 0.119 e. The van der Waals surface area contributed by atoms with Crippen LogP contribution in [0.5, 0.6) is 5.75 Å². The molecule has 21 heavy (non-hydrogen) atoms. The summed E-state index contributed by atoms with van der Waals surface area (Å²) in [5, 5.41) is 13.4. The standard InChI is InChI=1S/C17H28N2O2/c1-2-10-19-11-8-15(9-12-19)18-13-16(20)14-21-17-6-4-3-5-7-17/h3-7,15-16,18,20H,2,8-14H2,1H3. The Kier molecular flexibility index (Phi) is 7.00. The minimum absolute atomic E-state index is 0.339. The van der Waals surface area contributed by atoms with Crippen molar-refractivity contribution in [3.63, 3.8) is 0 Å². The highest BCUT2D eigenvalue weighted by atomic mass is 16.5. The number of aliphatic hydroxyl groups is 1. The number of para-hydroxylation sites is 1. The van der Waals surface area contributed by atoms with E-state index in [4.69, 9.17) is 4.74 Å². The van der Waals surface area contributed by atoms with Crippen LogP contribution in [0.4, 0.5) is 0 Å². The molecule has 1 aliphatic heterocycles. The Morgan fingerprint density at radius 2 is 2.00 bits per heavy atom. The average molecular weight is 292 g/mol. The molecule has 1 aromatic carbocycles. The van der Waals surface area contributed by atoms with E-state index in [1.807, 2.05) is 30.3 Å². The SMILES string of the molecule is CCCN1CCC(NCC(O)COc2ccccc2)CC1. The van der Waals surface area contributed by atoms with Gasteiger partial charge in [-0.3, -0.25) is 0 Å². The number of ether oxygens (including phenoxy) is 1. The zero-order chi connectivity index (χ0) is 14.9. The molecule has 0 bridgehead atoms. The monoisotopic (exact) mass is 292 g/mol. The maximum Gasteiger partial charge on any atom is 0.119 e. The second-order valence-corrected chi connectivity index (χ2v) is 5.80. The van der Waals surface area contributed by atoms with Gasteiger partial charge in [0.2, 0.25) is 0 Å². The molecule has 1 saturated heterocycles. The number of likely N-dealkylation sites (tertiary alicyclic amines) is 1. The predicted molar refractivity (Wildman–Crippen MR) is 85.7 cm³/mol. The van der Waals surface area contributed by atoms with E-state index in [1.165, 1.54) is 38.9 Å². The van der Waals surface area contributed by atoms with Crippen LogP contribution in [0.15, 0.2) is 30.3 Å². The molecule has 2 rings (SSSR count). The molecule has 0 radical (unpaired) electrons. The molecule has 4 nitrogen and oxygen atoms in total. The number of nitrogens with zero attached hydrogens (tertiary/aromatic N) is 1. The van der Waals surface area contributed by atoms with Crippen LogP contribution in [0.25, 0.3) is 0 Å². The van der Waals surface area contributed by atoms with Gasteiger partial charge in [0.15, 0.2) is 0 Å². The zero-order valence-electron chi connectivity index (χ0n) is 13.0. The van der Waals surface area contributed by atoms with Crippen molar-refractivity contribution in [2.45, 2.75) is 38.3 Å². The molecule has 0 spiro atoms. The Labute approximate surface area is 128 Å². The van der Waals surface area contributed by atoms with Gasteiger partial charge in [-0.2, -0.15) is 0 Å². The summed E-state index contributed by atoms with van der Waals surface area (Å²) in [6, 6.07) is 10.2. The maximum atomic E-state index is 9.98. The van der Waals surface area contributed by atoms with E-state index in [0.717, 1.165) is 5.75 Å². The molecule has 1 unspecified atom stereocenters. The fraction of sp³-hybridized carbons (Fsp3) is 0.647. The lowest BCUT2D eigenvalue weighted by Gasteiger charge is -2.32. The Bertz CT molecular complexity index is 378. The topological polar surface area (TPSA) is 44.7 Å². The van der Waals surface area contributed by atoms with Gasteiger partial charge in [0.25, 0.3) is 0 Å². The van der Waals surface area contributed by atoms with E-state index in [0.29, 0.717) is 19.2 Å². The van der Waals surface area contributed by atoms with Crippen molar-refractivity contribution in [1.82, 2.24) is 10.2 Å². The number of nitrogens with one attached hydrogen (secondary N) is 1. The lowest BCUT2D eigenvalue weighted by Crippen LogP contribution is -2.45. The van der Waals surface area contributed by atoms with Crippen molar-refractivity contribution in [3.05, 3.63) is 30.3 Å². The molecule has 1 heterocycles. The van der Waals surface area contributed by atoms with E-state index >= 15 is 0 Å². The van der Waals surface area contributed by atoms with Gasteiger partial charge < -0.3 is 20.1 Å². The van der Waals surface area contributed by atoms with Crippen LogP contribution in [0, 0.1) is 0 Å². The summed E-state index contributed by atoms with van der Waals surface area (Å²) in [5.74, 6) is 0.810. The second-order valence-electron chi connectivity index (χ2n) is 5.80. The summed E-state index contributed by atoms with van der Waals surface area (Å²) in [5.41, 5.74) is 0. The minimum Gasteiger partial charge on any atom is -0.491 e. The molecule has 0 amide bonds. The van der Waals surface area contributed by atoms with Crippen LogP contribution in [0.2, 0.25) is 0 Å². The van der Waals surface area contributed by atoms with Crippen LogP contribution in [0.3, 0.4) is 0 Å². The summed E-state index contributed by atoms with van der Waals surface area (Å²) in [6.07, 6.45) is 3.12. The number of piperidine rings is 1. The average Bonchev–Trinajstić information content (AvgIpc) is 2.53. The lowest BCUT2D eigenvalue weighted by molar-refractivity contribution is 0.0984. The molecule has 0 aliphatic carbocycles. The van der Waals surface area contributed by atoms with Gasteiger partial charge in [-0.25, -0.2) is 0 Å². The molecule has 0 aromatic heterocycles. The van der Waals surface area contributed by atoms with Crippen molar-refractivity contribution < 1.29 is 9.84 Å². The molecular weight excluding hydrogens is 264 g/mol. The lowest BCUT2D eigenvalue weighted by atomic mass is 10.0. The van der Waals surface area contributed by atoms with E-state index in [-0.39, 0.29) is 0 Å². The molecule has 0 saturated carbocycles. The van der Waals surface area contributed by atoms with Crippen LogP contribution >= 0.6 is 0 Å². The largest absolute Gasteiger partial charge is 0.491 e. The molecule has 1 aromatic rings. The van der Waals surface area contributed by atoms with Crippen LogP contribution < -0.4 is 10.1 Å². The third-order valence-corrected chi connectivity index (χ3v) is 3.96. The summed E-state index contributed by atoms with van der Waals surface area (Å²) in [4.78, 5) is 2.52. The Hall–Kier alpha value is -1.10. The fourth-order valence-electron chi connectivity index (χ4n) is 2.75. The normalized spacial score (nSPS) is 18.6. The quantitative estimate of drug-likeness (QED) is 0.768. The van der Waals surface area contributed by atoms with Crippen molar-refractivity contribution >= 4 is 0 Å². The van der Waals surface area contributed by atoms with Crippen LogP contribution in [0.1, 0.15) is 26.2 Å². The van der Waals surface area contributed by atoms with E-state index in [2.05, 4.69) is 17.1 Å². The first-order chi connectivity index (χ1) is 10.3. The third kappa shape index (κ3) is 6.04. The molecule has 118 valence electrons. The highest BCUT2D eigenvalue weighted by molar-refractivity contribution is 5.20. The minimum atomic E-state index is -0.459. The number of hydrogen-bond donors (Lipinski definition) is 2. The Balaban J connectivity index is 1.58. The molecule has 4 heteroatoms. The first kappa shape index (κ1) is 16.3. The Morgan fingerprint density at radius 1 is 1.29 bits per heavy atom. The van der Waals surface area contributed by atoms with Gasteiger partial charge >= 0.3 is 0 Å². The van der Waals surface area contributed by atoms with Gasteiger partial charge in [0.05, 0.1) is 0 Å². The van der Waals surface area contributed by atoms with Crippen molar-refractivity contribution in [3.8, 4) is 5.75 Å². The van der Waals surface area contributed by atoms with Crippen LogP contribution in [-0.2, 0) is 0 Å². The molecule has 1 fully saturated rings. The predicted octanol–water partition coefficient (Wildman–Crippen LogP) is 1.89. The molecule has 1 atom stereocenters. The van der Waals surface area contributed by atoms with E-state index in [1.54, 1.807) is 0 Å². The first-order valence-electron chi connectivity index (χ1n) is 8.09. The van der Waals surface area contributed by atoms with Gasteiger partial charge in [-0.05, 0) is 51.0 Å². The first-order valence-corrected chi connectivity index (χ1v) is 8.09. The van der Waals surface area contributed by atoms with E-state index in [9.17, 15) is 5.11 Å². The highest BCUT2D eigenvalue weighted by Crippen LogP contribution is 2.11. The zero-order valence-corrected chi connectivity index (χ0v) is 13.0. The van der Waals surface area contributed by atoms with E-state index < -0.39 is 6.10 Å². The van der Waals surface area contributed by atoms with Gasteiger partial charge in [-0.1, -0.05) is 25.1 Å². The van der Waals surface area contributed by atoms with Gasteiger partial charge in [-0.15, -0.1) is 0 Å². The van der Waals surface area contributed by atoms with Gasteiger partial charge in [0.1, 0.15) is 18.5 Å². The summed E-state index contributed by atoms with van der Waals surface area (Å²) in [6.45, 7) is 6.72. The second kappa shape index (κ2) is 9.03. The Morgan fingerprint density at radius 3 is 2.67 bits per heavy atom. The number of aliphatic hydroxyl groups excluding tert-OH is 1. The summed E-state index contributed by atoms with van der Waals surface area (Å²) in [7, 11) is 0. The fourth-order valence-corrected chi connectivity index (χ4v) is 2.75. The molecule has 2 N–H and O–H groups in total. The number of hydrogen-bond acceptors (Lipinski definition) is 4. The van der Waals surface area contributed by atoms with Crippen molar-refractivity contribution in [1.29, 1.82) is 0 Å². The number of benzene rings is 1. The molecular formula is C17H28N2O2. The van der Waals surface area contributed by atoms with Gasteiger partial charge in [0, 0.05) is 12.6 Å². The number of rotatable bonds is 8. The van der Waals surface area contributed by atoms with Crippen molar-refractivity contribution in [2.75, 3.05) is 32.8 Å². The maximum absolute atomic E-state index is 9.98.